The lowest BCUT2D eigenvalue weighted by Crippen LogP contribution is -2.70. The fourth-order valence-corrected chi connectivity index (χ4v) is 5.40. The molecule has 0 bridgehead atoms. The van der Waals surface area contributed by atoms with Crippen LogP contribution in [0.25, 0.3) is 10.4 Å². The molecule has 1 aromatic rings. The predicted octanol–water partition coefficient (Wildman–Crippen LogP) is -5.21. The third-order valence-corrected chi connectivity index (χ3v) is 7.99. The largest absolute Gasteiger partial charge is 0.394 e. The molecule has 1 aromatic carbocycles. The number of nitrogens with two attached hydrogens (primary N) is 3. The van der Waals surface area contributed by atoms with Crippen molar-refractivity contribution in [2.45, 2.75) is 91.4 Å². The molecule has 15 atom stereocenters. The van der Waals surface area contributed by atoms with Gasteiger partial charge in [-0.05, 0) is 11.1 Å². The molecule has 19 heteroatoms. The van der Waals surface area contributed by atoms with Crippen LogP contribution in [0.1, 0.15) is 5.56 Å². The van der Waals surface area contributed by atoms with Crippen molar-refractivity contribution in [1.82, 2.24) is 0 Å². The molecule has 0 amide bonds. The van der Waals surface area contributed by atoms with Crippen molar-refractivity contribution in [2.24, 2.45) is 22.3 Å². The number of benzene rings is 1. The summed E-state index contributed by atoms with van der Waals surface area (Å²) in [5, 5.41) is 86.7. The molecule has 0 saturated carbocycles. The summed E-state index contributed by atoms with van der Waals surface area (Å²) in [6.07, 6.45) is -16.8. The second kappa shape index (κ2) is 13.9. The van der Waals surface area contributed by atoms with E-state index < -0.39 is 111 Å². The maximum atomic E-state index is 11.1. The van der Waals surface area contributed by atoms with Gasteiger partial charge < -0.3 is 81.7 Å². The van der Waals surface area contributed by atoms with E-state index in [1.165, 1.54) is 24.3 Å². The number of ether oxygens (including phenoxy) is 5. The Hall–Kier alpha value is -2.11. The number of azide groups is 1. The molecule has 0 aromatic heterocycles. The molecular formula is C24H38N6O13. The number of hydrogen-bond acceptors (Lipinski definition) is 17. The quantitative estimate of drug-likeness (QED) is 0.0699. The minimum absolute atomic E-state index is 0.165. The van der Waals surface area contributed by atoms with Crippen LogP contribution in [0.5, 0.6) is 0 Å². The lowest BCUT2D eigenvalue weighted by atomic mass is 9.81. The van der Waals surface area contributed by atoms with E-state index in [9.17, 15) is 40.9 Å². The third-order valence-electron chi connectivity index (χ3n) is 7.99. The summed E-state index contributed by atoms with van der Waals surface area (Å²) in [6, 6.07) is 1.42. The van der Waals surface area contributed by atoms with Crippen LogP contribution in [-0.4, -0.2) is 147 Å². The first-order valence-electron chi connectivity index (χ1n) is 13.4. The van der Waals surface area contributed by atoms with Gasteiger partial charge in [0.15, 0.2) is 18.9 Å². The first-order valence-corrected chi connectivity index (χ1v) is 13.4. The van der Waals surface area contributed by atoms with Crippen molar-refractivity contribution in [3.05, 3.63) is 40.3 Å². The van der Waals surface area contributed by atoms with Crippen LogP contribution in [0.15, 0.2) is 29.4 Å². The predicted molar refractivity (Wildman–Crippen MR) is 140 cm³/mol. The molecule has 3 fully saturated rings. The first kappa shape index (κ1) is 33.8. The summed E-state index contributed by atoms with van der Waals surface area (Å²) in [6.45, 7) is -2.31. The minimum atomic E-state index is -1.99. The van der Waals surface area contributed by atoms with Gasteiger partial charge in [0.25, 0.3) is 0 Å². The van der Waals surface area contributed by atoms with Crippen LogP contribution in [0.4, 0.5) is 5.69 Å². The summed E-state index contributed by atoms with van der Waals surface area (Å²) in [7, 11) is 0. The molecule has 14 N–H and O–H groups in total. The molecule has 0 spiro atoms. The molecule has 242 valence electrons. The molecule has 4 rings (SSSR count). The number of rotatable bonds is 9. The monoisotopic (exact) mass is 618 g/mol. The summed E-state index contributed by atoms with van der Waals surface area (Å²) in [4.78, 5) is 2.68. The average molecular weight is 619 g/mol. The molecule has 3 aliphatic rings. The van der Waals surface area contributed by atoms with E-state index in [0.717, 1.165) is 0 Å². The molecule has 2 unspecified atom stereocenters. The Balaban J connectivity index is 1.55. The van der Waals surface area contributed by atoms with E-state index in [-0.39, 0.29) is 11.3 Å². The maximum Gasteiger partial charge on any atom is 0.177 e. The fourth-order valence-electron chi connectivity index (χ4n) is 5.40. The van der Waals surface area contributed by atoms with Gasteiger partial charge in [0.05, 0.1) is 37.9 Å². The lowest BCUT2D eigenvalue weighted by molar-refractivity contribution is -0.363. The zero-order chi connectivity index (χ0) is 31.6. The van der Waals surface area contributed by atoms with Crippen LogP contribution in [0.3, 0.4) is 0 Å². The number of aliphatic hydroxyl groups excluding tert-OH is 8. The van der Waals surface area contributed by atoms with Gasteiger partial charge in [-0.3, -0.25) is 0 Å². The summed E-state index contributed by atoms with van der Waals surface area (Å²) in [5.74, 6) is 0. The molecule has 19 nitrogen and oxygen atoms in total. The highest BCUT2D eigenvalue weighted by atomic mass is 16.7. The van der Waals surface area contributed by atoms with E-state index in [0.29, 0.717) is 0 Å². The summed E-state index contributed by atoms with van der Waals surface area (Å²) in [5.41, 5.74) is 25.1. The Morgan fingerprint density at radius 1 is 0.791 bits per heavy atom. The number of hydrogen-bond donors (Lipinski definition) is 11. The SMILES string of the molecule is [N-]=[N+]=Nc1ccc([C@]2(CO)O[C@H](OC3[C@@H](CO)O[C@@H](OC4[C@@H](CO)O[C@@H](O)[C@H](N)[C@H]4O)[C@H](N)[C@H]3O)[C@H](N)[C@@H](O)[C@@H]2O)cc1. The van der Waals surface area contributed by atoms with Crippen LogP contribution in [-0.2, 0) is 29.3 Å². The molecule has 0 aliphatic carbocycles. The van der Waals surface area contributed by atoms with Crippen molar-refractivity contribution in [2.75, 3.05) is 19.8 Å². The van der Waals surface area contributed by atoms with Gasteiger partial charge in [-0.25, -0.2) is 0 Å². The zero-order valence-corrected chi connectivity index (χ0v) is 22.7. The van der Waals surface area contributed by atoms with Crippen LogP contribution >= 0.6 is 0 Å². The Kier molecular flexibility index (Phi) is 10.9. The van der Waals surface area contributed by atoms with Crippen molar-refractivity contribution in [3.63, 3.8) is 0 Å². The highest BCUT2D eigenvalue weighted by Gasteiger charge is 2.56. The van der Waals surface area contributed by atoms with E-state index in [2.05, 4.69) is 10.0 Å². The summed E-state index contributed by atoms with van der Waals surface area (Å²) >= 11 is 0. The molecule has 3 heterocycles. The topological polar surface area (TPSA) is 335 Å². The van der Waals surface area contributed by atoms with Crippen molar-refractivity contribution >= 4 is 5.69 Å². The van der Waals surface area contributed by atoms with E-state index in [1.54, 1.807) is 0 Å². The van der Waals surface area contributed by atoms with Gasteiger partial charge in [-0.2, -0.15) is 0 Å². The van der Waals surface area contributed by atoms with Gasteiger partial charge in [0.2, 0.25) is 0 Å². The molecule has 3 aliphatic heterocycles. The van der Waals surface area contributed by atoms with Crippen molar-refractivity contribution in [3.8, 4) is 0 Å². The van der Waals surface area contributed by atoms with Gasteiger partial charge >= 0.3 is 0 Å². The van der Waals surface area contributed by atoms with E-state index >= 15 is 0 Å². The second-order valence-electron chi connectivity index (χ2n) is 10.6. The number of aliphatic hydroxyl groups is 8. The van der Waals surface area contributed by atoms with Crippen LogP contribution in [0, 0.1) is 0 Å². The van der Waals surface area contributed by atoms with Gasteiger partial charge in [0.1, 0.15) is 54.4 Å². The van der Waals surface area contributed by atoms with Crippen molar-refractivity contribution < 1.29 is 64.5 Å². The smallest absolute Gasteiger partial charge is 0.177 e. The fraction of sp³-hybridized carbons (Fsp3) is 0.750. The van der Waals surface area contributed by atoms with E-state index in [4.69, 9.17) is 46.4 Å². The molecular weight excluding hydrogens is 580 g/mol. The van der Waals surface area contributed by atoms with Crippen molar-refractivity contribution in [1.29, 1.82) is 0 Å². The normalized spacial score (nSPS) is 45.4. The maximum absolute atomic E-state index is 11.1. The highest BCUT2D eigenvalue weighted by Crippen LogP contribution is 2.40. The Labute approximate surface area is 244 Å². The van der Waals surface area contributed by atoms with Gasteiger partial charge in [0, 0.05) is 10.6 Å². The zero-order valence-electron chi connectivity index (χ0n) is 22.7. The Morgan fingerprint density at radius 3 is 1.88 bits per heavy atom. The third kappa shape index (κ3) is 6.36. The summed E-state index contributed by atoms with van der Waals surface area (Å²) < 4.78 is 28.5. The molecule has 43 heavy (non-hydrogen) atoms. The molecule has 0 radical (unpaired) electrons. The minimum Gasteiger partial charge on any atom is -0.394 e. The number of nitrogens with zero attached hydrogens (tertiary/aromatic N) is 3. The lowest BCUT2D eigenvalue weighted by Gasteiger charge is -2.51. The Bertz CT molecular complexity index is 1110. The molecule has 3 saturated heterocycles. The van der Waals surface area contributed by atoms with Crippen LogP contribution in [0.2, 0.25) is 0 Å². The van der Waals surface area contributed by atoms with E-state index in [1.807, 2.05) is 0 Å². The van der Waals surface area contributed by atoms with Gasteiger partial charge in [-0.15, -0.1) is 0 Å². The Morgan fingerprint density at radius 2 is 1.33 bits per heavy atom. The van der Waals surface area contributed by atoms with Gasteiger partial charge in [-0.1, -0.05) is 29.4 Å². The van der Waals surface area contributed by atoms with Crippen LogP contribution < -0.4 is 17.2 Å². The first-order chi connectivity index (χ1) is 20.4. The second-order valence-corrected chi connectivity index (χ2v) is 10.6. The standard InChI is InChI=1S/C24H38N6O13/c25-12-15(34)18(10(5-31)39-21(12)38)41-22-13(26)16(35)19(11(6-32)40-22)42-23-14(27)17(36)20(37)24(7-33,43-23)8-1-3-9(4-2-8)29-30-28/h1-4,10-23,31-38H,5-7,25-27H2/t10-,11-,12-,13-,14-,15-,16-,17-,18?,19?,20+,21-,22+,23+,24+/m1/s1. The highest BCUT2D eigenvalue weighted by molar-refractivity contribution is 5.41. The average Bonchev–Trinajstić information content (AvgIpc) is 3.01.